The average molecular weight is 911 g/mol. The average Bonchev–Trinajstić information content (AvgIpc) is 3.54. The molecule has 2 aliphatic rings. The van der Waals surface area contributed by atoms with Gasteiger partial charge in [0.2, 0.25) is 0 Å². The van der Waals surface area contributed by atoms with E-state index in [4.69, 9.17) is 0 Å². The van der Waals surface area contributed by atoms with Crippen LogP contribution in [0.4, 0.5) is 34.1 Å². The van der Waals surface area contributed by atoms with Crippen molar-refractivity contribution in [1.29, 1.82) is 0 Å². The van der Waals surface area contributed by atoms with Gasteiger partial charge in [0.05, 0.1) is 5.41 Å². The maximum Gasteiger partial charge on any atom is 0.0735 e. The zero-order valence-electron chi connectivity index (χ0n) is 38.4. The number of rotatable bonds is 8. The molecule has 1 aliphatic carbocycles. The van der Waals surface area contributed by atoms with Gasteiger partial charge >= 0.3 is 0 Å². The SMILES string of the molecule is c1ccc(N(c2ccccc2)c2ccc(-c3cccc4c3Sc3c(-c5ccc(N(c6ccccc6)c6ccccc6)cc5)cccc3C43c4ccccc4-c4ccccc4-c4ccccc43)cc2)cc1. The Kier molecular flexibility index (Phi) is 10.4. The first-order valence-corrected chi connectivity index (χ1v) is 24.8. The van der Waals surface area contributed by atoms with Crippen LogP contribution in [-0.2, 0) is 5.41 Å². The van der Waals surface area contributed by atoms with Gasteiger partial charge in [-0.15, -0.1) is 0 Å². The van der Waals surface area contributed by atoms with Gasteiger partial charge in [-0.1, -0.05) is 218 Å². The summed E-state index contributed by atoms with van der Waals surface area (Å²) in [5.41, 5.74) is 21.0. The molecule has 13 rings (SSSR count). The molecule has 0 amide bonds. The van der Waals surface area contributed by atoms with Crippen molar-refractivity contribution >= 4 is 45.9 Å². The van der Waals surface area contributed by atoms with E-state index >= 15 is 0 Å². The molecule has 0 bridgehead atoms. The summed E-state index contributed by atoms with van der Waals surface area (Å²) >= 11 is 1.92. The van der Waals surface area contributed by atoms with Gasteiger partial charge < -0.3 is 9.80 Å². The first kappa shape index (κ1) is 41.5. The molecule has 0 saturated carbocycles. The Labute approximate surface area is 414 Å². The molecule has 0 N–H and O–H groups in total. The van der Waals surface area contributed by atoms with Crippen LogP contribution in [0.5, 0.6) is 0 Å². The van der Waals surface area contributed by atoms with Gasteiger partial charge in [0.1, 0.15) is 0 Å². The van der Waals surface area contributed by atoms with Crippen LogP contribution in [0.2, 0.25) is 0 Å². The van der Waals surface area contributed by atoms with Gasteiger partial charge in [-0.2, -0.15) is 0 Å². The van der Waals surface area contributed by atoms with E-state index in [-0.39, 0.29) is 0 Å². The summed E-state index contributed by atoms with van der Waals surface area (Å²) in [6.45, 7) is 0. The number of anilines is 6. The topological polar surface area (TPSA) is 6.48 Å². The minimum absolute atomic E-state index is 0.664. The molecule has 70 heavy (non-hydrogen) atoms. The van der Waals surface area contributed by atoms with Crippen LogP contribution < -0.4 is 9.80 Å². The van der Waals surface area contributed by atoms with Crippen molar-refractivity contribution in [3.63, 3.8) is 0 Å². The van der Waals surface area contributed by atoms with Crippen LogP contribution in [0, 0.1) is 0 Å². The zero-order chi connectivity index (χ0) is 46.4. The highest BCUT2D eigenvalue weighted by molar-refractivity contribution is 7.99. The molecule has 0 aromatic heterocycles. The van der Waals surface area contributed by atoms with Gasteiger partial charge in [0, 0.05) is 43.9 Å². The van der Waals surface area contributed by atoms with Crippen molar-refractivity contribution in [3.8, 4) is 44.5 Å². The van der Waals surface area contributed by atoms with Crippen LogP contribution in [0.3, 0.4) is 0 Å². The van der Waals surface area contributed by atoms with E-state index < -0.39 is 5.41 Å². The molecule has 0 radical (unpaired) electrons. The molecule has 0 fully saturated rings. The van der Waals surface area contributed by atoms with Gasteiger partial charge in [-0.25, -0.2) is 0 Å². The molecule has 11 aromatic rings. The molecular formula is C67H46N2S. The summed E-state index contributed by atoms with van der Waals surface area (Å²) in [6, 6.07) is 102. The first-order chi connectivity index (χ1) is 34.8. The molecule has 1 aliphatic heterocycles. The molecule has 0 atom stereocenters. The van der Waals surface area contributed by atoms with Gasteiger partial charge in [0.15, 0.2) is 0 Å². The largest absolute Gasteiger partial charge is 0.311 e. The number of hydrogen-bond acceptors (Lipinski definition) is 3. The van der Waals surface area contributed by atoms with Crippen molar-refractivity contribution in [2.45, 2.75) is 15.2 Å². The second kappa shape index (κ2) is 17.5. The Hall–Kier alpha value is -8.63. The second-order valence-electron chi connectivity index (χ2n) is 18.0. The van der Waals surface area contributed by atoms with E-state index in [1.165, 1.54) is 76.6 Å². The summed E-state index contributed by atoms with van der Waals surface area (Å²) < 4.78 is 0. The Balaban J connectivity index is 1.03. The minimum Gasteiger partial charge on any atom is -0.311 e. The predicted octanol–water partition coefficient (Wildman–Crippen LogP) is 18.5. The number of benzene rings is 11. The Morgan fingerprint density at radius 1 is 0.214 bits per heavy atom. The quantitative estimate of drug-likeness (QED) is 0.150. The van der Waals surface area contributed by atoms with E-state index in [2.05, 4.69) is 289 Å². The molecule has 2 nitrogen and oxygen atoms in total. The van der Waals surface area contributed by atoms with Crippen LogP contribution in [-0.4, -0.2) is 0 Å². The van der Waals surface area contributed by atoms with Crippen molar-refractivity contribution < 1.29 is 0 Å². The molecule has 11 aromatic carbocycles. The highest BCUT2D eigenvalue weighted by Crippen LogP contribution is 2.63. The van der Waals surface area contributed by atoms with Crippen LogP contribution in [0.25, 0.3) is 44.5 Å². The lowest BCUT2D eigenvalue weighted by atomic mass is 9.62. The molecule has 0 unspecified atom stereocenters. The first-order valence-electron chi connectivity index (χ1n) is 24.0. The third kappa shape index (κ3) is 6.81. The van der Waals surface area contributed by atoms with Crippen LogP contribution in [0.1, 0.15) is 22.3 Å². The van der Waals surface area contributed by atoms with E-state index in [9.17, 15) is 0 Å². The van der Waals surface area contributed by atoms with Crippen molar-refractivity contribution in [2.24, 2.45) is 0 Å². The molecular weight excluding hydrogens is 865 g/mol. The van der Waals surface area contributed by atoms with Crippen LogP contribution >= 0.6 is 11.8 Å². The van der Waals surface area contributed by atoms with E-state index in [0.717, 1.165) is 34.1 Å². The predicted molar refractivity (Wildman–Crippen MR) is 294 cm³/mol. The minimum atomic E-state index is -0.664. The number of hydrogen-bond donors (Lipinski definition) is 0. The standard InChI is InChI=1S/C67H46N2S/c1-5-21-49(22-6-1)68(50-23-7-2-8-24-50)53-43-39-47(40-44-53)55-33-19-37-63-65(55)70-66-56(48-41-45-54(46-42-48)69(51-25-9-3-10-26-51)52-27-11-4-12-28-52)34-20-38-64(66)67(63)61-35-17-15-31-59(61)57-29-13-14-30-58(57)60-32-16-18-36-62(60)67/h1-46H. The number of fused-ring (bicyclic) bond motifs is 11. The van der Waals surface area contributed by atoms with Gasteiger partial charge in [-0.05, 0) is 140 Å². The lowest BCUT2D eigenvalue weighted by Gasteiger charge is -2.44. The summed E-state index contributed by atoms with van der Waals surface area (Å²) in [5.74, 6) is 0. The smallest absolute Gasteiger partial charge is 0.0735 e. The number of nitrogens with zero attached hydrogens (tertiary/aromatic N) is 2. The lowest BCUT2D eigenvalue weighted by Crippen LogP contribution is -2.35. The third-order valence-corrected chi connectivity index (χ3v) is 15.4. The molecule has 3 heteroatoms. The molecule has 0 saturated heterocycles. The Bertz CT molecular complexity index is 3340. The van der Waals surface area contributed by atoms with Crippen LogP contribution in [0.15, 0.2) is 289 Å². The maximum absolute atomic E-state index is 2.41. The second-order valence-corrected chi connectivity index (χ2v) is 19.0. The third-order valence-electron chi connectivity index (χ3n) is 14.1. The Morgan fingerprint density at radius 2 is 0.486 bits per heavy atom. The Morgan fingerprint density at radius 3 is 0.843 bits per heavy atom. The van der Waals surface area contributed by atoms with Gasteiger partial charge in [-0.3, -0.25) is 0 Å². The summed E-state index contributed by atoms with van der Waals surface area (Å²) in [6.07, 6.45) is 0. The van der Waals surface area contributed by atoms with E-state index in [1.54, 1.807) is 0 Å². The fourth-order valence-electron chi connectivity index (χ4n) is 11.1. The van der Waals surface area contributed by atoms with Gasteiger partial charge in [0.25, 0.3) is 0 Å². The number of para-hydroxylation sites is 4. The van der Waals surface area contributed by atoms with Crippen molar-refractivity contribution in [2.75, 3.05) is 9.80 Å². The van der Waals surface area contributed by atoms with Crippen molar-refractivity contribution in [1.82, 2.24) is 0 Å². The monoisotopic (exact) mass is 910 g/mol. The lowest BCUT2D eigenvalue weighted by molar-refractivity contribution is 0.710. The highest BCUT2D eigenvalue weighted by Gasteiger charge is 2.49. The summed E-state index contributed by atoms with van der Waals surface area (Å²) in [4.78, 5) is 7.20. The molecule has 1 heterocycles. The van der Waals surface area contributed by atoms with Crippen molar-refractivity contribution in [3.05, 3.63) is 301 Å². The zero-order valence-corrected chi connectivity index (χ0v) is 39.2. The normalized spacial score (nSPS) is 12.6. The highest BCUT2D eigenvalue weighted by atomic mass is 32.2. The fraction of sp³-hybridized carbons (Fsp3) is 0.0149. The van der Waals surface area contributed by atoms with E-state index in [0.29, 0.717) is 0 Å². The fourth-order valence-corrected chi connectivity index (χ4v) is 12.6. The maximum atomic E-state index is 2.41. The summed E-state index contributed by atoms with van der Waals surface area (Å²) in [5, 5.41) is 0. The summed E-state index contributed by atoms with van der Waals surface area (Å²) in [7, 11) is 0. The molecule has 1 spiro atoms. The molecule has 330 valence electrons. The van der Waals surface area contributed by atoms with E-state index in [1.807, 2.05) is 11.8 Å².